The molecule has 33 heavy (non-hydrogen) atoms. The van der Waals surface area contributed by atoms with Gasteiger partial charge in [-0.15, -0.1) is 0 Å². The van der Waals surface area contributed by atoms with Crippen LogP contribution in [0.2, 0.25) is 0 Å². The Morgan fingerprint density at radius 2 is 1.61 bits per heavy atom. The van der Waals surface area contributed by atoms with Crippen molar-refractivity contribution in [1.82, 2.24) is 0 Å². The van der Waals surface area contributed by atoms with Gasteiger partial charge in [0.15, 0.2) is 11.5 Å². The van der Waals surface area contributed by atoms with Gasteiger partial charge >= 0.3 is 0 Å². The van der Waals surface area contributed by atoms with Crippen LogP contribution in [0.5, 0.6) is 11.5 Å². The van der Waals surface area contributed by atoms with Crippen LogP contribution < -0.4 is 20.1 Å². The van der Waals surface area contributed by atoms with Crippen LogP contribution in [-0.2, 0) is 17.9 Å². The smallest absolute Gasteiger partial charge is 0.224 e. The maximum absolute atomic E-state index is 12.0. The predicted molar refractivity (Wildman–Crippen MR) is 135 cm³/mol. The fraction of sp³-hybridized carbons (Fsp3) is 0.321. The van der Waals surface area contributed by atoms with E-state index in [4.69, 9.17) is 9.47 Å². The van der Waals surface area contributed by atoms with E-state index in [0.717, 1.165) is 34.0 Å². The van der Waals surface area contributed by atoms with Gasteiger partial charge in [0.1, 0.15) is 6.61 Å². The van der Waals surface area contributed by atoms with Crippen molar-refractivity contribution in [2.24, 2.45) is 5.92 Å². The van der Waals surface area contributed by atoms with E-state index in [1.807, 2.05) is 63.2 Å². The van der Waals surface area contributed by atoms with Crippen molar-refractivity contribution in [3.8, 4) is 11.5 Å². The maximum Gasteiger partial charge on any atom is 0.224 e. The van der Waals surface area contributed by atoms with Crippen molar-refractivity contribution < 1.29 is 14.3 Å². The molecule has 0 heterocycles. The Labute approximate surface area is 197 Å². The summed E-state index contributed by atoms with van der Waals surface area (Å²) in [5, 5.41) is 6.38. The molecule has 0 saturated heterocycles. The molecule has 0 aromatic heterocycles. The lowest BCUT2D eigenvalue weighted by Gasteiger charge is -2.15. The van der Waals surface area contributed by atoms with Gasteiger partial charge in [-0.1, -0.05) is 55.8 Å². The second-order valence-electron chi connectivity index (χ2n) is 8.57. The zero-order valence-electron chi connectivity index (χ0n) is 20.0. The number of carbonyl (C=O) groups excluding carboxylic acids is 1. The number of nitrogens with one attached hydrogen (secondary N) is 2. The average molecular weight is 447 g/mol. The summed E-state index contributed by atoms with van der Waals surface area (Å²) in [7, 11) is 0. The van der Waals surface area contributed by atoms with Gasteiger partial charge in [0.2, 0.25) is 5.91 Å². The monoisotopic (exact) mass is 446 g/mol. The van der Waals surface area contributed by atoms with Gasteiger partial charge in [0.25, 0.3) is 0 Å². The third kappa shape index (κ3) is 7.86. The van der Waals surface area contributed by atoms with Crippen LogP contribution in [0.25, 0.3) is 0 Å². The average Bonchev–Trinajstić information content (AvgIpc) is 2.78. The Balaban J connectivity index is 1.61. The highest BCUT2D eigenvalue weighted by Crippen LogP contribution is 2.30. The summed E-state index contributed by atoms with van der Waals surface area (Å²) < 4.78 is 11.9. The zero-order valence-corrected chi connectivity index (χ0v) is 20.0. The van der Waals surface area contributed by atoms with E-state index in [2.05, 4.69) is 41.8 Å². The van der Waals surface area contributed by atoms with E-state index >= 15 is 0 Å². The fourth-order valence-electron chi connectivity index (χ4n) is 3.39. The zero-order chi connectivity index (χ0) is 23.6. The van der Waals surface area contributed by atoms with Crippen LogP contribution in [0, 0.1) is 12.8 Å². The Kier molecular flexibility index (Phi) is 8.76. The van der Waals surface area contributed by atoms with Gasteiger partial charge in [0, 0.05) is 24.3 Å². The Hall–Kier alpha value is -3.47. The molecule has 0 saturated carbocycles. The molecule has 3 aromatic rings. The van der Waals surface area contributed by atoms with E-state index in [9.17, 15) is 4.79 Å². The van der Waals surface area contributed by atoms with Crippen molar-refractivity contribution in [3.63, 3.8) is 0 Å². The van der Waals surface area contributed by atoms with E-state index in [1.54, 1.807) is 0 Å². The number of amides is 1. The van der Waals surface area contributed by atoms with Crippen LogP contribution in [0.4, 0.5) is 11.4 Å². The minimum atomic E-state index is 0.0322. The first-order chi connectivity index (χ1) is 15.9. The molecule has 0 radical (unpaired) electrons. The van der Waals surface area contributed by atoms with E-state index < -0.39 is 0 Å². The van der Waals surface area contributed by atoms with E-state index in [-0.39, 0.29) is 5.91 Å². The molecule has 5 heteroatoms. The minimum Gasteiger partial charge on any atom is -0.490 e. The fourth-order valence-corrected chi connectivity index (χ4v) is 3.39. The first kappa shape index (κ1) is 24.2. The maximum atomic E-state index is 12.0. The number of carbonyl (C=O) groups is 1. The molecule has 0 bridgehead atoms. The standard InChI is InChI=1S/C28H34N2O3/c1-5-32-27-16-23(13-14-26(27)33-19-22-11-9-21(4)10-12-22)18-29-24-7-6-8-25(17-24)30-28(31)15-20(2)3/h6-14,16-17,20,29H,5,15,18-19H2,1-4H3,(H,30,31). The lowest BCUT2D eigenvalue weighted by molar-refractivity contribution is -0.116. The lowest BCUT2D eigenvalue weighted by atomic mass is 10.1. The largest absolute Gasteiger partial charge is 0.490 e. The van der Waals surface area contributed by atoms with Crippen molar-refractivity contribution in [3.05, 3.63) is 83.4 Å². The summed E-state index contributed by atoms with van der Waals surface area (Å²) in [6.45, 7) is 9.79. The molecule has 0 fully saturated rings. The summed E-state index contributed by atoms with van der Waals surface area (Å²) in [6, 6.07) is 22.1. The van der Waals surface area contributed by atoms with Crippen LogP contribution in [0.1, 0.15) is 43.9 Å². The molecule has 5 nitrogen and oxygen atoms in total. The third-order valence-electron chi connectivity index (χ3n) is 5.06. The topological polar surface area (TPSA) is 59.6 Å². The van der Waals surface area contributed by atoms with E-state index in [1.165, 1.54) is 5.56 Å². The van der Waals surface area contributed by atoms with Gasteiger partial charge in [-0.25, -0.2) is 0 Å². The Morgan fingerprint density at radius 1 is 0.879 bits per heavy atom. The summed E-state index contributed by atoms with van der Waals surface area (Å²) in [6.07, 6.45) is 0.510. The number of benzene rings is 3. The van der Waals surface area contributed by atoms with Crippen LogP contribution >= 0.6 is 0 Å². The van der Waals surface area contributed by atoms with Crippen molar-refractivity contribution in [2.75, 3.05) is 17.2 Å². The molecule has 0 spiro atoms. The first-order valence-corrected chi connectivity index (χ1v) is 11.5. The first-order valence-electron chi connectivity index (χ1n) is 11.5. The molecular formula is C28H34N2O3. The van der Waals surface area contributed by atoms with Crippen LogP contribution in [0.15, 0.2) is 66.7 Å². The highest BCUT2D eigenvalue weighted by atomic mass is 16.5. The second-order valence-corrected chi connectivity index (χ2v) is 8.57. The molecule has 2 N–H and O–H groups in total. The molecule has 0 unspecified atom stereocenters. The third-order valence-corrected chi connectivity index (χ3v) is 5.06. The van der Waals surface area contributed by atoms with Gasteiger partial charge in [-0.05, 0) is 61.2 Å². The van der Waals surface area contributed by atoms with Crippen LogP contribution in [0.3, 0.4) is 0 Å². The van der Waals surface area contributed by atoms with E-state index in [0.29, 0.717) is 32.1 Å². The number of rotatable bonds is 11. The van der Waals surface area contributed by atoms with Gasteiger partial charge < -0.3 is 20.1 Å². The Morgan fingerprint density at radius 3 is 2.33 bits per heavy atom. The van der Waals surface area contributed by atoms with Gasteiger partial charge in [-0.2, -0.15) is 0 Å². The highest BCUT2D eigenvalue weighted by molar-refractivity contribution is 5.91. The number of anilines is 2. The van der Waals surface area contributed by atoms with Crippen molar-refractivity contribution in [1.29, 1.82) is 0 Å². The van der Waals surface area contributed by atoms with Crippen molar-refractivity contribution in [2.45, 2.75) is 47.3 Å². The van der Waals surface area contributed by atoms with Gasteiger partial charge in [-0.3, -0.25) is 4.79 Å². The molecule has 174 valence electrons. The summed E-state index contributed by atoms with van der Waals surface area (Å²) in [5.74, 6) is 1.83. The molecular weight excluding hydrogens is 412 g/mol. The minimum absolute atomic E-state index is 0.0322. The SMILES string of the molecule is CCOc1cc(CNc2cccc(NC(=O)CC(C)C)c2)ccc1OCc1ccc(C)cc1. The van der Waals surface area contributed by atoms with Gasteiger partial charge in [0.05, 0.1) is 6.61 Å². The molecule has 0 aliphatic rings. The predicted octanol–water partition coefficient (Wildman–Crippen LogP) is 6.57. The molecule has 1 amide bonds. The number of aryl methyl sites for hydroxylation is 1. The Bertz CT molecular complexity index is 1050. The summed E-state index contributed by atoms with van der Waals surface area (Å²) in [5.41, 5.74) is 5.16. The van der Waals surface area contributed by atoms with Crippen LogP contribution in [-0.4, -0.2) is 12.5 Å². The number of ether oxygens (including phenoxy) is 2. The molecule has 0 aliphatic heterocycles. The lowest BCUT2D eigenvalue weighted by Crippen LogP contribution is -2.13. The molecule has 3 rings (SSSR count). The van der Waals surface area contributed by atoms with Crippen molar-refractivity contribution >= 4 is 17.3 Å². The summed E-state index contributed by atoms with van der Waals surface area (Å²) >= 11 is 0. The summed E-state index contributed by atoms with van der Waals surface area (Å²) in [4.78, 5) is 12.0. The quantitative estimate of drug-likeness (QED) is 0.350. The highest BCUT2D eigenvalue weighted by Gasteiger charge is 2.09. The second kappa shape index (κ2) is 12.0. The molecule has 0 aliphatic carbocycles. The molecule has 3 aromatic carbocycles. The number of hydrogen-bond acceptors (Lipinski definition) is 4. The number of hydrogen-bond donors (Lipinski definition) is 2. The normalized spacial score (nSPS) is 10.7. The molecule has 0 atom stereocenters.